The zero-order valence-corrected chi connectivity index (χ0v) is 27.3. The largest absolute Gasteiger partial charge is 0.488 e. The number of esters is 1. The number of rotatable bonds is 9. The molecule has 8 rings (SSSR count). The molecule has 0 saturated heterocycles. The van der Waals surface area contributed by atoms with Gasteiger partial charge in [-0.05, 0) is 62.5 Å². The smallest absolute Gasteiger partial charge is 0.414 e. The number of ether oxygens (including phenoxy) is 3. The van der Waals surface area contributed by atoms with Crippen LogP contribution in [0.3, 0.4) is 0 Å². The molecule has 1 unspecified atom stereocenters. The van der Waals surface area contributed by atoms with Gasteiger partial charge in [0.2, 0.25) is 0 Å². The Morgan fingerprint density at radius 1 is 0.680 bits per heavy atom. The number of carbonyl (C=O) groups excluding carboxylic acids is 2. The van der Waals surface area contributed by atoms with Gasteiger partial charge >= 0.3 is 12.1 Å². The zero-order valence-electron chi connectivity index (χ0n) is 27.3. The van der Waals surface area contributed by atoms with Gasteiger partial charge in [-0.3, -0.25) is 4.90 Å². The number of hydrogen-bond donors (Lipinski definition) is 1. The molecule has 1 heterocycles. The van der Waals surface area contributed by atoms with Crippen LogP contribution >= 0.6 is 0 Å². The minimum atomic E-state index is -0.504. The van der Waals surface area contributed by atoms with E-state index in [4.69, 9.17) is 14.2 Å². The molecule has 248 valence electrons. The minimum Gasteiger partial charge on any atom is -0.488 e. The lowest BCUT2D eigenvalue weighted by Gasteiger charge is -2.21. The third kappa shape index (κ3) is 5.86. The second-order valence-electron chi connectivity index (χ2n) is 12.7. The monoisotopic (exact) mass is 661 g/mol. The summed E-state index contributed by atoms with van der Waals surface area (Å²) >= 11 is 0. The van der Waals surface area contributed by atoms with Gasteiger partial charge in [0, 0.05) is 29.8 Å². The summed E-state index contributed by atoms with van der Waals surface area (Å²) < 4.78 is 18.1. The van der Waals surface area contributed by atoms with Crippen molar-refractivity contribution < 1.29 is 28.9 Å². The van der Waals surface area contributed by atoms with Crippen molar-refractivity contribution in [3.8, 4) is 16.9 Å². The van der Waals surface area contributed by atoms with E-state index in [0.717, 1.165) is 44.3 Å². The Bertz CT molecular complexity index is 2150. The van der Waals surface area contributed by atoms with E-state index in [-0.39, 0.29) is 32.3 Å². The second kappa shape index (κ2) is 13.5. The van der Waals surface area contributed by atoms with E-state index in [9.17, 15) is 14.7 Å². The fourth-order valence-corrected chi connectivity index (χ4v) is 7.24. The number of nitrogens with zero attached hydrogens (tertiary/aromatic N) is 1. The molecule has 0 fully saturated rings. The van der Waals surface area contributed by atoms with Crippen molar-refractivity contribution in [2.45, 2.75) is 25.0 Å². The molecule has 0 spiro atoms. The van der Waals surface area contributed by atoms with Gasteiger partial charge in [-0.25, -0.2) is 9.59 Å². The van der Waals surface area contributed by atoms with E-state index in [1.165, 1.54) is 0 Å². The Morgan fingerprint density at radius 3 is 1.96 bits per heavy atom. The van der Waals surface area contributed by atoms with Gasteiger partial charge in [-0.2, -0.15) is 0 Å². The highest BCUT2D eigenvalue weighted by Gasteiger charge is 2.37. The van der Waals surface area contributed by atoms with Gasteiger partial charge in [0.15, 0.2) is 0 Å². The van der Waals surface area contributed by atoms with E-state index >= 15 is 0 Å². The van der Waals surface area contributed by atoms with Gasteiger partial charge < -0.3 is 19.3 Å². The maximum atomic E-state index is 14.0. The van der Waals surface area contributed by atoms with Crippen LogP contribution in [-0.4, -0.2) is 36.9 Å². The highest BCUT2D eigenvalue weighted by molar-refractivity contribution is 6.04. The fraction of sp³-hybridized carbons (Fsp3) is 0.163. The number of aliphatic hydroxyl groups excluding tert-OH is 1. The molecule has 1 N–H and O–H groups in total. The van der Waals surface area contributed by atoms with Crippen molar-refractivity contribution in [2.24, 2.45) is 0 Å². The first-order chi connectivity index (χ1) is 24.6. The zero-order chi connectivity index (χ0) is 34.0. The summed E-state index contributed by atoms with van der Waals surface area (Å²) in [5, 5.41) is 12.1. The van der Waals surface area contributed by atoms with Crippen LogP contribution in [0.4, 0.5) is 10.5 Å². The molecular formula is C43H35NO6. The predicted molar refractivity (Wildman–Crippen MR) is 193 cm³/mol. The molecule has 1 aliphatic carbocycles. The Hall–Kier alpha value is -5.92. The van der Waals surface area contributed by atoms with Gasteiger partial charge in [0.05, 0.1) is 17.9 Å². The highest BCUT2D eigenvalue weighted by Crippen LogP contribution is 2.47. The van der Waals surface area contributed by atoms with Gasteiger partial charge in [-0.15, -0.1) is 0 Å². The van der Waals surface area contributed by atoms with Crippen molar-refractivity contribution in [3.05, 3.63) is 167 Å². The summed E-state index contributed by atoms with van der Waals surface area (Å²) in [6, 6.07) is 43.0. The maximum absolute atomic E-state index is 14.0. The predicted octanol–water partition coefficient (Wildman–Crippen LogP) is 8.62. The van der Waals surface area contributed by atoms with Crippen LogP contribution in [0.5, 0.6) is 5.75 Å². The van der Waals surface area contributed by atoms with Gasteiger partial charge in [-0.1, -0.05) is 109 Å². The maximum Gasteiger partial charge on any atom is 0.414 e. The molecule has 2 aliphatic rings. The van der Waals surface area contributed by atoms with Crippen molar-refractivity contribution in [2.75, 3.05) is 24.7 Å². The average Bonchev–Trinajstić information content (AvgIpc) is 3.71. The normalized spacial score (nSPS) is 14.6. The number of fused-ring (bicyclic) bond motifs is 6. The molecule has 1 aliphatic heterocycles. The van der Waals surface area contributed by atoms with Crippen molar-refractivity contribution in [1.29, 1.82) is 0 Å². The standard InChI is InChI=1S/C43H35NO6/c45-24-31-23-44(43(47)50-27-38-34-17-9-7-15-32(34)33-16-8-10-18-35(33)38)39-22-40(48-25-28-11-3-1-4-12-28)36-20-19-30(21-37(36)41(31)39)42(46)49-26-29-13-5-2-6-14-29/h1-22,31,38,45H,23-27H2. The van der Waals surface area contributed by atoms with Crippen LogP contribution in [0.25, 0.3) is 21.9 Å². The summed E-state index contributed by atoms with van der Waals surface area (Å²) in [7, 11) is 0. The third-order valence-corrected chi connectivity index (χ3v) is 9.68. The molecule has 0 radical (unpaired) electrons. The van der Waals surface area contributed by atoms with Crippen molar-refractivity contribution >= 4 is 28.5 Å². The SMILES string of the molecule is O=C(OCc1ccccc1)c1ccc2c(OCc3ccccc3)cc3c(c2c1)C(CO)CN3C(=O)OCC1c2ccccc2-c2ccccc21. The summed E-state index contributed by atoms with van der Waals surface area (Å²) in [4.78, 5) is 28.8. The van der Waals surface area contributed by atoms with Crippen LogP contribution in [0.15, 0.2) is 133 Å². The lowest BCUT2D eigenvalue weighted by Crippen LogP contribution is -2.32. The van der Waals surface area contributed by atoms with E-state index in [1.807, 2.05) is 97.1 Å². The van der Waals surface area contributed by atoms with E-state index < -0.39 is 18.0 Å². The lowest BCUT2D eigenvalue weighted by molar-refractivity contribution is 0.0473. The molecule has 6 aromatic rings. The molecule has 6 aromatic carbocycles. The minimum absolute atomic E-state index is 0.0899. The molecule has 1 atom stereocenters. The van der Waals surface area contributed by atoms with E-state index in [1.54, 1.807) is 17.0 Å². The average molecular weight is 662 g/mol. The van der Waals surface area contributed by atoms with E-state index in [0.29, 0.717) is 29.0 Å². The molecular weight excluding hydrogens is 626 g/mol. The number of hydrogen-bond acceptors (Lipinski definition) is 6. The fourth-order valence-electron chi connectivity index (χ4n) is 7.24. The molecule has 1 amide bonds. The van der Waals surface area contributed by atoms with Crippen LogP contribution in [-0.2, 0) is 22.7 Å². The Balaban J connectivity index is 1.12. The first-order valence-electron chi connectivity index (χ1n) is 16.8. The molecule has 7 heteroatoms. The Kier molecular flexibility index (Phi) is 8.49. The second-order valence-corrected chi connectivity index (χ2v) is 12.7. The van der Waals surface area contributed by atoms with Crippen LogP contribution in [0, 0.1) is 0 Å². The number of benzene rings is 6. The summed E-state index contributed by atoms with van der Waals surface area (Å²) in [5.41, 5.74) is 8.17. The highest BCUT2D eigenvalue weighted by atomic mass is 16.6. The van der Waals surface area contributed by atoms with Crippen LogP contribution in [0.2, 0.25) is 0 Å². The lowest BCUT2D eigenvalue weighted by atomic mass is 9.93. The topological polar surface area (TPSA) is 85.3 Å². The Labute approximate surface area is 290 Å². The Morgan fingerprint density at radius 2 is 1.30 bits per heavy atom. The first-order valence-corrected chi connectivity index (χ1v) is 16.8. The molecule has 50 heavy (non-hydrogen) atoms. The van der Waals surface area contributed by atoms with Crippen LogP contribution in [0.1, 0.15) is 50.0 Å². The molecule has 7 nitrogen and oxygen atoms in total. The van der Waals surface area contributed by atoms with Crippen LogP contribution < -0.4 is 9.64 Å². The van der Waals surface area contributed by atoms with Crippen molar-refractivity contribution in [1.82, 2.24) is 0 Å². The number of carbonyl (C=O) groups is 2. The molecule has 0 aromatic heterocycles. The third-order valence-electron chi connectivity index (χ3n) is 9.68. The number of anilines is 1. The summed E-state index contributed by atoms with van der Waals surface area (Å²) in [5.74, 6) is -0.395. The summed E-state index contributed by atoms with van der Waals surface area (Å²) in [6.45, 7) is 0.657. The number of aliphatic hydroxyl groups is 1. The molecule has 0 saturated carbocycles. The van der Waals surface area contributed by atoms with Gasteiger partial charge in [0.1, 0.15) is 25.6 Å². The quantitative estimate of drug-likeness (QED) is 0.156. The summed E-state index contributed by atoms with van der Waals surface area (Å²) in [6.07, 6.45) is -0.504. The van der Waals surface area contributed by atoms with Gasteiger partial charge in [0.25, 0.3) is 0 Å². The van der Waals surface area contributed by atoms with E-state index in [2.05, 4.69) is 24.3 Å². The molecule has 0 bridgehead atoms. The first kappa shape index (κ1) is 31.4. The number of amides is 1. The van der Waals surface area contributed by atoms with Crippen molar-refractivity contribution in [3.63, 3.8) is 0 Å².